The number of nitrogens with zero attached hydrogens (tertiary/aromatic N) is 2. The zero-order valence-electron chi connectivity index (χ0n) is 12.8. The molecule has 2 amide bonds. The maximum Gasteiger partial charge on any atom is 0.252 e. The van der Waals surface area contributed by atoms with Crippen LogP contribution in [-0.4, -0.2) is 41.3 Å². The standard InChI is InChI=1S/C17H19N3O2S/c21-16-5-1-7-20(16)8-3-6-19-17(22)14-10-13(11-18-12-14)15-4-2-9-23-15/h2,4,9-12H,1,3,5-8H2,(H,19,22). The summed E-state index contributed by atoms with van der Waals surface area (Å²) >= 11 is 1.62. The third-order valence-corrected chi connectivity index (χ3v) is 4.79. The van der Waals surface area contributed by atoms with E-state index in [-0.39, 0.29) is 11.8 Å². The highest BCUT2D eigenvalue weighted by Crippen LogP contribution is 2.24. The van der Waals surface area contributed by atoms with Crippen molar-refractivity contribution >= 4 is 23.2 Å². The summed E-state index contributed by atoms with van der Waals surface area (Å²) in [4.78, 5) is 30.8. The Morgan fingerprint density at radius 2 is 2.30 bits per heavy atom. The molecule has 5 nitrogen and oxygen atoms in total. The fraction of sp³-hybridized carbons (Fsp3) is 0.353. The van der Waals surface area contributed by atoms with Crippen LogP contribution in [0, 0.1) is 0 Å². The van der Waals surface area contributed by atoms with Crippen molar-refractivity contribution in [1.82, 2.24) is 15.2 Å². The van der Waals surface area contributed by atoms with Gasteiger partial charge in [-0.3, -0.25) is 14.6 Å². The van der Waals surface area contributed by atoms with Crippen molar-refractivity contribution in [2.75, 3.05) is 19.6 Å². The minimum Gasteiger partial charge on any atom is -0.352 e. The second kappa shape index (κ2) is 7.37. The van der Waals surface area contributed by atoms with E-state index in [0.29, 0.717) is 25.1 Å². The first-order valence-electron chi connectivity index (χ1n) is 7.79. The summed E-state index contributed by atoms with van der Waals surface area (Å²) in [5.41, 5.74) is 1.52. The van der Waals surface area contributed by atoms with Gasteiger partial charge in [-0.1, -0.05) is 6.07 Å². The highest BCUT2D eigenvalue weighted by atomic mass is 32.1. The molecular weight excluding hydrogens is 310 g/mol. The largest absolute Gasteiger partial charge is 0.352 e. The Bertz CT molecular complexity index is 685. The number of rotatable bonds is 6. The van der Waals surface area contributed by atoms with Gasteiger partial charge in [0.05, 0.1) is 5.56 Å². The number of thiophene rings is 1. The molecule has 1 saturated heterocycles. The fourth-order valence-electron chi connectivity index (χ4n) is 2.66. The first kappa shape index (κ1) is 15.7. The summed E-state index contributed by atoms with van der Waals surface area (Å²) in [6, 6.07) is 5.85. The second-order valence-electron chi connectivity index (χ2n) is 5.53. The Hall–Kier alpha value is -2.21. The minimum absolute atomic E-state index is 0.122. The van der Waals surface area contributed by atoms with Crippen LogP contribution in [0.15, 0.2) is 36.0 Å². The number of likely N-dealkylation sites (tertiary alicyclic amines) is 1. The monoisotopic (exact) mass is 329 g/mol. The van der Waals surface area contributed by atoms with Gasteiger partial charge in [-0.15, -0.1) is 11.3 Å². The quantitative estimate of drug-likeness (QED) is 0.829. The van der Waals surface area contributed by atoms with Gasteiger partial charge in [0.25, 0.3) is 5.91 Å². The van der Waals surface area contributed by atoms with Gasteiger partial charge < -0.3 is 10.2 Å². The summed E-state index contributed by atoms with van der Waals surface area (Å²) in [6.45, 7) is 2.12. The van der Waals surface area contributed by atoms with Gasteiger partial charge in [-0.2, -0.15) is 0 Å². The molecule has 0 bridgehead atoms. The van der Waals surface area contributed by atoms with Crippen LogP contribution in [0.4, 0.5) is 0 Å². The zero-order chi connectivity index (χ0) is 16.1. The van der Waals surface area contributed by atoms with E-state index < -0.39 is 0 Å². The SMILES string of the molecule is O=C(NCCCN1CCCC1=O)c1cncc(-c2cccs2)c1. The van der Waals surface area contributed by atoms with Crippen molar-refractivity contribution in [2.45, 2.75) is 19.3 Å². The van der Waals surface area contributed by atoms with Crippen molar-refractivity contribution in [2.24, 2.45) is 0 Å². The Labute approximate surface area is 139 Å². The molecule has 0 saturated carbocycles. The summed E-state index contributed by atoms with van der Waals surface area (Å²) in [5, 5.41) is 4.90. The lowest BCUT2D eigenvalue weighted by atomic mass is 10.1. The highest BCUT2D eigenvalue weighted by molar-refractivity contribution is 7.13. The van der Waals surface area contributed by atoms with Crippen LogP contribution in [-0.2, 0) is 4.79 Å². The molecule has 23 heavy (non-hydrogen) atoms. The number of carbonyl (C=O) groups is 2. The maximum atomic E-state index is 12.2. The molecule has 2 aromatic heterocycles. The number of aromatic nitrogens is 1. The van der Waals surface area contributed by atoms with E-state index in [0.717, 1.165) is 29.8 Å². The van der Waals surface area contributed by atoms with Gasteiger partial charge in [0.15, 0.2) is 0 Å². The van der Waals surface area contributed by atoms with Crippen LogP contribution in [0.2, 0.25) is 0 Å². The average Bonchev–Trinajstić information content (AvgIpc) is 3.23. The van der Waals surface area contributed by atoms with Crippen molar-refractivity contribution < 1.29 is 9.59 Å². The smallest absolute Gasteiger partial charge is 0.252 e. The molecule has 0 aromatic carbocycles. The lowest BCUT2D eigenvalue weighted by Crippen LogP contribution is -2.30. The molecule has 6 heteroatoms. The van der Waals surface area contributed by atoms with Crippen LogP contribution in [0.1, 0.15) is 29.6 Å². The fourth-order valence-corrected chi connectivity index (χ4v) is 3.36. The number of nitrogens with one attached hydrogen (secondary N) is 1. The van der Waals surface area contributed by atoms with Gasteiger partial charge in [0.1, 0.15) is 0 Å². The Morgan fingerprint density at radius 3 is 3.04 bits per heavy atom. The lowest BCUT2D eigenvalue weighted by Gasteiger charge is -2.15. The van der Waals surface area contributed by atoms with E-state index in [1.807, 2.05) is 28.5 Å². The molecule has 0 aliphatic carbocycles. The van der Waals surface area contributed by atoms with Gasteiger partial charge in [0, 0.05) is 48.9 Å². The van der Waals surface area contributed by atoms with E-state index >= 15 is 0 Å². The van der Waals surface area contributed by atoms with Gasteiger partial charge in [0.2, 0.25) is 5.91 Å². The van der Waals surface area contributed by atoms with E-state index in [1.54, 1.807) is 23.7 Å². The second-order valence-corrected chi connectivity index (χ2v) is 6.48. The minimum atomic E-state index is -0.122. The first-order valence-corrected chi connectivity index (χ1v) is 8.67. The Morgan fingerprint density at radius 1 is 1.39 bits per heavy atom. The van der Waals surface area contributed by atoms with Gasteiger partial charge in [-0.05, 0) is 30.4 Å². The van der Waals surface area contributed by atoms with Crippen LogP contribution in [0.5, 0.6) is 0 Å². The van der Waals surface area contributed by atoms with E-state index in [4.69, 9.17) is 0 Å². The van der Waals surface area contributed by atoms with Crippen LogP contribution >= 0.6 is 11.3 Å². The molecule has 2 aromatic rings. The van der Waals surface area contributed by atoms with Crippen molar-refractivity contribution in [3.05, 3.63) is 41.5 Å². The van der Waals surface area contributed by atoms with E-state index in [1.165, 1.54) is 0 Å². The molecule has 0 unspecified atom stereocenters. The molecule has 120 valence electrons. The molecule has 0 spiro atoms. The molecule has 1 aliphatic rings. The predicted molar refractivity (Wildman–Crippen MR) is 90.3 cm³/mol. The van der Waals surface area contributed by atoms with Gasteiger partial charge in [-0.25, -0.2) is 0 Å². The summed E-state index contributed by atoms with van der Waals surface area (Å²) < 4.78 is 0. The number of hydrogen-bond donors (Lipinski definition) is 1. The van der Waals surface area contributed by atoms with Crippen LogP contribution < -0.4 is 5.32 Å². The molecule has 3 rings (SSSR count). The molecule has 1 aliphatic heterocycles. The number of carbonyl (C=O) groups excluding carboxylic acids is 2. The Balaban J connectivity index is 1.50. The molecule has 3 heterocycles. The molecule has 0 atom stereocenters. The van der Waals surface area contributed by atoms with Gasteiger partial charge >= 0.3 is 0 Å². The Kier molecular flexibility index (Phi) is 5.02. The molecule has 0 radical (unpaired) electrons. The van der Waals surface area contributed by atoms with Crippen LogP contribution in [0.3, 0.4) is 0 Å². The van der Waals surface area contributed by atoms with Crippen molar-refractivity contribution in [3.8, 4) is 10.4 Å². The molecular formula is C17H19N3O2S. The summed E-state index contributed by atoms with van der Waals surface area (Å²) in [5.74, 6) is 0.104. The zero-order valence-corrected chi connectivity index (χ0v) is 13.6. The molecule has 1 fully saturated rings. The third-order valence-electron chi connectivity index (χ3n) is 3.87. The van der Waals surface area contributed by atoms with E-state index in [2.05, 4.69) is 10.3 Å². The highest BCUT2D eigenvalue weighted by Gasteiger charge is 2.19. The van der Waals surface area contributed by atoms with Crippen molar-refractivity contribution in [3.63, 3.8) is 0 Å². The van der Waals surface area contributed by atoms with Crippen molar-refractivity contribution in [1.29, 1.82) is 0 Å². The number of pyridine rings is 1. The predicted octanol–water partition coefficient (Wildman–Crippen LogP) is 2.55. The molecule has 1 N–H and O–H groups in total. The summed E-state index contributed by atoms with van der Waals surface area (Å²) in [7, 11) is 0. The van der Waals surface area contributed by atoms with Crippen LogP contribution in [0.25, 0.3) is 10.4 Å². The summed E-state index contributed by atoms with van der Waals surface area (Å²) in [6.07, 6.45) is 5.73. The average molecular weight is 329 g/mol. The number of amides is 2. The van der Waals surface area contributed by atoms with E-state index in [9.17, 15) is 9.59 Å². The third kappa shape index (κ3) is 3.96. The first-order chi connectivity index (χ1) is 11.2. The maximum absolute atomic E-state index is 12.2. The normalized spacial score (nSPS) is 14.3. The number of hydrogen-bond acceptors (Lipinski definition) is 4. The lowest BCUT2D eigenvalue weighted by molar-refractivity contribution is -0.127. The topological polar surface area (TPSA) is 62.3 Å².